The summed E-state index contributed by atoms with van der Waals surface area (Å²) in [5, 5.41) is 4.22. The van der Waals surface area contributed by atoms with E-state index in [0.717, 1.165) is 4.90 Å². The van der Waals surface area contributed by atoms with Crippen LogP contribution >= 0.6 is 0 Å². The highest BCUT2D eigenvalue weighted by molar-refractivity contribution is 5.93. The van der Waals surface area contributed by atoms with Crippen molar-refractivity contribution < 1.29 is 31.8 Å². The van der Waals surface area contributed by atoms with Gasteiger partial charge in [0, 0.05) is 18.5 Å². The first-order valence-electron chi connectivity index (χ1n) is 8.73. The highest BCUT2D eigenvalue weighted by Gasteiger charge is 2.53. The number of rotatable bonds is 5. The summed E-state index contributed by atoms with van der Waals surface area (Å²) in [5.41, 5.74) is 0.462. The van der Waals surface area contributed by atoms with Crippen molar-refractivity contribution in [2.75, 3.05) is 19.8 Å². The van der Waals surface area contributed by atoms with E-state index in [-0.39, 0.29) is 38.6 Å². The van der Waals surface area contributed by atoms with Crippen molar-refractivity contribution in [2.45, 2.75) is 25.4 Å². The number of aromatic nitrogens is 2. The van der Waals surface area contributed by atoms with Crippen molar-refractivity contribution in [1.82, 2.24) is 14.7 Å². The predicted molar refractivity (Wildman–Crippen MR) is 88.1 cm³/mol. The Balaban J connectivity index is 1.50. The lowest BCUT2D eigenvalue weighted by atomic mass is 9.95. The van der Waals surface area contributed by atoms with E-state index in [2.05, 4.69) is 5.10 Å². The number of hydrogen-bond acceptors (Lipinski definition) is 4. The molecule has 0 unspecified atom stereocenters. The third-order valence-electron chi connectivity index (χ3n) is 4.83. The summed E-state index contributed by atoms with van der Waals surface area (Å²) < 4.78 is 65.6. The minimum atomic E-state index is -4.53. The molecule has 0 N–H and O–H groups in total. The first-order chi connectivity index (χ1) is 13.3. The summed E-state index contributed by atoms with van der Waals surface area (Å²) in [6, 6.07) is 5.09. The lowest BCUT2D eigenvalue weighted by Crippen LogP contribution is -2.59. The van der Waals surface area contributed by atoms with Gasteiger partial charge in [-0.05, 0) is 18.2 Å². The monoisotopic (exact) mass is 399 g/mol. The molecule has 2 aliphatic heterocycles. The number of amides is 1. The smallest absolute Gasteiger partial charge is 0.409 e. The SMILES string of the molecule is O=C1c2cc(COc3cccc(F)c3)nn2CCN1[C@@H](C1COC1)C(F)(F)F. The highest BCUT2D eigenvalue weighted by Crippen LogP contribution is 2.35. The van der Waals surface area contributed by atoms with Gasteiger partial charge in [-0.15, -0.1) is 0 Å². The molecule has 1 saturated heterocycles. The average molecular weight is 399 g/mol. The molecule has 1 aromatic carbocycles. The predicted octanol–water partition coefficient (Wildman–Crippen LogP) is 2.63. The molecule has 0 aliphatic carbocycles. The Hall–Kier alpha value is -2.62. The van der Waals surface area contributed by atoms with Crippen molar-refractivity contribution in [3.63, 3.8) is 0 Å². The summed E-state index contributed by atoms with van der Waals surface area (Å²) >= 11 is 0. The zero-order chi connectivity index (χ0) is 19.9. The molecular weight excluding hydrogens is 382 g/mol. The van der Waals surface area contributed by atoms with Crippen LogP contribution in [0.1, 0.15) is 16.2 Å². The quantitative estimate of drug-likeness (QED) is 0.726. The van der Waals surface area contributed by atoms with Crippen LogP contribution in [0.25, 0.3) is 0 Å². The molecule has 0 spiro atoms. The largest absolute Gasteiger partial charge is 0.487 e. The number of benzene rings is 1. The third-order valence-corrected chi connectivity index (χ3v) is 4.83. The second-order valence-electron chi connectivity index (χ2n) is 6.77. The second kappa shape index (κ2) is 7.08. The molecule has 1 atom stereocenters. The molecule has 0 saturated carbocycles. The molecule has 2 aromatic rings. The molecule has 1 aromatic heterocycles. The van der Waals surface area contributed by atoms with Gasteiger partial charge in [0.15, 0.2) is 0 Å². The van der Waals surface area contributed by atoms with Crippen LogP contribution in [0.15, 0.2) is 30.3 Å². The van der Waals surface area contributed by atoms with E-state index >= 15 is 0 Å². The topological polar surface area (TPSA) is 56.6 Å². The Morgan fingerprint density at radius 2 is 2.04 bits per heavy atom. The maximum absolute atomic E-state index is 13.5. The van der Waals surface area contributed by atoms with E-state index in [1.807, 2.05) is 0 Å². The number of halogens is 4. The number of ether oxygens (including phenoxy) is 2. The Morgan fingerprint density at radius 3 is 2.68 bits per heavy atom. The first-order valence-corrected chi connectivity index (χ1v) is 8.73. The van der Waals surface area contributed by atoms with Gasteiger partial charge in [-0.2, -0.15) is 18.3 Å². The fourth-order valence-corrected chi connectivity index (χ4v) is 3.45. The minimum absolute atomic E-state index is 0.0139. The Kier molecular flexibility index (Phi) is 4.74. The lowest BCUT2D eigenvalue weighted by Gasteiger charge is -2.42. The van der Waals surface area contributed by atoms with E-state index in [4.69, 9.17) is 9.47 Å². The number of nitrogens with zero attached hydrogens (tertiary/aromatic N) is 3. The fourth-order valence-electron chi connectivity index (χ4n) is 3.45. The Bertz CT molecular complexity index is 879. The van der Waals surface area contributed by atoms with E-state index in [0.29, 0.717) is 11.4 Å². The van der Waals surface area contributed by atoms with Crippen LogP contribution in [-0.2, 0) is 17.9 Å². The standard InChI is InChI=1S/C18H17F4N3O3/c19-12-2-1-3-14(6-12)28-10-13-7-15-17(26)24(4-5-25(15)23-13)16(18(20,21)22)11-8-27-9-11/h1-3,6-7,11,16H,4-5,8-10H2/t16-/m0/s1. The third kappa shape index (κ3) is 3.56. The van der Waals surface area contributed by atoms with Crippen molar-refractivity contribution in [1.29, 1.82) is 0 Å². The van der Waals surface area contributed by atoms with Crippen molar-refractivity contribution in [3.05, 3.63) is 47.5 Å². The fraction of sp³-hybridized carbons (Fsp3) is 0.444. The van der Waals surface area contributed by atoms with Gasteiger partial charge < -0.3 is 14.4 Å². The van der Waals surface area contributed by atoms with Gasteiger partial charge in [0.1, 0.15) is 35.6 Å². The summed E-state index contributed by atoms with van der Waals surface area (Å²) in [7, 11) is 0. The van der Waals surface area contributed by atoms with E-state index in [1.54, 1.807) is 6.07 Å². The first kappa shape index (κ1) is 18.7. The highest BCUT2D eigenvalue weighted by atomic mass is 19.4. The van der Waals surface area contributed by atoms with Gasteiger partial charge in [-0.1, -0.05) is 6.07 Å². The normalized spacial score (nSPS) is 18.6. The number of alkyl halides is 3. The van der Waals surface area contributed by atoms with Crippen LogP contribution in [0.5, 0.6) is 5.75 Å². The van der Waals surface area contributed by atoms with Crippen molar-refractivity contribution in [3.8, 4) is 5.75 Å². The van der Waals surface area contributed by atoms with Gasteiger partial charge in [0.2, 0.25) is 0 Å². The molecule has 0 bridgehead atoms. The molecule has 2 aliphatic rings. The number of carbonyl (C=O) groups excluding carboxylic acids is 1. The summed E-state index contributed by atoms with van der Waals surface area (Å²) in [6.07, 6.45) is -4.53. The lowest BCUT2D eigenvalue weighted by molar-refractivity contribution is -0.219. The molecule has 4 rings (SSSR count). The van der Waals surface area contributed by atoms with Crippen LogP contribution in [0.3, 0.4) is 0 Å². The molecule has 10 heteroatoms. The maximum atomic E-state index is 13.5. The zero-order valence-corrected chi connectivity index (χ0v) is 14.7. The molecule has 150 valence electrons. The molecule has 0 radical (unpaired) electrons. The summed E-state index contributed by atoms with van der Waals surface area (Å²) in [6.45, 7) is 0.00929. The van der Waals surface area contributed by atoms with Crippen molar-refractivity contribution >= 4 is 5.91 Å². The van der Waals surface area contributed by atoms with E-state index < -0.39 is 29.9 Å². The van der Waals surface area contributed by atoms with Crippen molar-refractivity contribution in [2.24, 2.45) is 5.92 Å². The van der Waals surface area contributed by atoms with E-state index in [9.17, 15) is 22.4 Å². The van der Waals surface area contributed by atoms with Gasteiger partial charge in [-0.25, -0.2) is 4.39 Å². The van der Waals surface area contributed by atoms with Crippen LogP contribution in [0, 0.1) is 11.7 Å². The molecule has 1 fully saturated rings. The van der Waals surface area contributed by atoms with Gasteiger partial charge in [-0.3, -0.25) is 9.48 Å². The minimum Gasteiger partial charge on any atom is -0.487 e. The number of hydrogen-bond donors (Lipinski definition) is 0. The Morgan fingerprint density at radius 1 is 1.25 bits per heavy atom. The van der Waals surface area contributed by atoms with Gasteiger partial charge in [0.25, 0.3) is 5.91 Å². The van der Waals surface area contributed by atoms with Crippen LogP contribution in [-0.4, -0.2) is 52.6 Å². The maximum Gasteiger partial charge on any atom is 0.409 e. The molecule has 28 heavy (non-hydrogen) atoms. The zero-order valence-electron chi connectivity index (χ0n) is 14.7. The molecule has 1 amide bonds. The van der Waals surface area contributed by atoms with E-state index in [1.165, 1.54) is 28.9 Å². The van der Waals surface area contributed by atoms with Gasteiger partial charge >= 0.3 is 6.18 Å². The summed E-state index contributed by atoms with van der Waals surface area (Å²) in [5.74, 6) is -1.63. The molecule has 3 heterocycles. The van der Waals surface area contributed by atoms with Crippen LogP contribution in [0.4, 0.5) is 17.6 Å². The molecule has 6 nitrogen and oxygen atoms in total. The average Bonchev–Trinajstić information content (AvgIpc) is 3.00. The second-order valence-corrected chi connectivity index (χ2v) is 6.77. The Labute approximate surface area is 157 Å². The number of fused-ring (bicyclic) bond motifs is 1. The molecular formula is C18H17F4N3O3. The van der Waals surface area contributed by atoms with Crippen LogP contribution < -0.4 is 4.74 Å². The summed E-state index contributed by atoms with van der Waals surface area (Å²) in [4.78, 5) is 13.6. The van der Waals surface area contributed by atoms with Crippen LogP contribution in [0.2, 0.25) is 0 Å². The number of carbonyl (C=O) groups is 1. The van der Waals surface area contributed by atoms with Gasteiger partial charge in [0.05, 0.1) is 19.8 Å².